The Morgan fingerprint density at radius 3 is 2.00 bits per heavy atom. The SMILES string of the molecule is C=C(C)C(=O)OC(CC)C1CCC[Si](OC)(OC)C1(CCC)OC.CCC(O)[Si](C)(OC)OC. The molecule has 4 atom stereocenters. The second-order valence-electron chi connectivity index (χ2n) is 8.98. The maximum Gasteiger partial charge on any atom is 0.371 e. The van der Waals surface area contributed by atoms with Gasteiger partial charge in [-0.15, -0.1) is 0 Å². The Morgan fingerprint density at radius 1 is 1.12 bits per heavy atom. The number of ether oxygens (including phenoxy) is 2. The van der Waals surface area contributed by atoms with E-state index in [9.17, 15) is 9.90 Å². The molecule has 0 radical (unpaired) electrons. The average Bonchev–Trinajstić information content (AvgIpc) is 2.86. The summed E-state index contributed by atoms with van der Waals surface area (Å²) in [6.07, 6.45) is 4.92. The van der Waals surface area contributed by atoms with E-state index < -0.39 is 28.1 Å². The topological polar surface area (TPSA) is 92.7 Å². The summed E-state index contributed by atoms with van der Waals surface area (Å²) in [4.78, 5) is 12.1. The van der Waals surface area contributed by atoms with Crippen molar-refractivity contribution in [2.75, 3.05) is 35.5 Å². The molecule has 8 nitrogen and oxygen atoms in total. The molecule has 1 N–H and O–H groups in total. The van der Waals surface area contributed by atoms with Crippen LogP contribution in [0.25, 0.3) is 0 Å². The van der Waals surface area contributed by atoms with Gasteiger partial charge in [-0.25, -0.2) is 4.79 Å². The van der Waals surface area contributed by atoms with Crippen LogP contribution in [0.3, 0.4) is 0 Å². The van der Waals surface area contributed by atoms with E-state index in [0.717, 1.165) is 38.1 Å². The minimum absolute atomic E-state index is 0.0658. The first-order valence-electron chi connectivity index (χ1n) is 12.3. The monoisotopic (exact) mass is 522 g/mol. The molecule has 0 spiro atoms. The smallest absolute Gasteiger partial charge is 0.371 e. The Labute approximate surface area is 209 Å². The molecule has 10 heteroatoms. The van der Waals surface area contributed by atoms with Gasteiger partial charge >= 0.3 is 23.1 Å². The van der Waals surface area contributed by atoms with E-state index in [2.05, 4.69) is 13.5 Å². The zero-order chi connectivity index (χ0) is 26.6. The zero-order valence-electron chi connectivity index (χ0n) is 23.2. The second-order valence-corrected chi connectivity index (χ2v) is 16.2. The average molecular weight is 523 g/mol. The van der Waals surface area contributed by atoms with E-state index in [1.807, 2.05) is 20.4 Å². The highest BCUT2D eigenvalue weighted by Gasteiger charge is 2.64. The van der Waals surface area contributed by atoms with Crippen LogP contribution in [0.15, 0.2) is 12.2 Å². The van der Waals surface area contributed by atoms with Crippen LogP contribution in [0.5, 0.6) is 0 Å². The lowest BCUT2D eigenvalue weighted by Crippen LogP contribution is -2.70. The van der Waals surface area contributed by atoms with Gasteiger partial charge in [0.1, 0.15) is 11.3 Å². The third-order valence-electron chi connectivity index (χ3n) is 7.17. The number of esters is 1. The molecule has 0 bridgehead atoms. The van der Waals surface area contributed by atoms with Gasteiger partial charge in [-0.2, -0.15) is 0 Å². The van der Waals surface area contributed by atoms with E-state index in [1.165, 1.54) is 0 Å². The van der Waals surface area contributed by atoms with Gasteiger partial charge in [0.15, 0.2) is 0 Å². The number of carbonyl (C=O) groups is 1. The van der Waals surface area contributed by atoms with Crippen molar-refractivity contribution >= 4 is 23.1 Å². The largest absolute Gasteiger partial charge is 0.459 e. The molecule has 0 saturated carbocycles. The number of aliphatic hydroxyl groups excluding tert-OH is 1. The number of methoxy groups -OCH3 is 1. The summed E-state index contributed by atoms with van der Waals surface area (Å²) in [7, 11) is 3.51. The van der Waals surface area contributed by atoms with Gasteiger partial charge < -0.3 is 32.3 Å². The minimum Gasteiger partial charge on any atom is -0.459 e. The Bertz CT molecular complexity index is 610. The van der Waals surface area contributed by atoms with Crippen LogP contribution >= 0.6 is 0 Å². The number of carbonyl (C=O) groups excluding carboxylic acids is 1. The van der Waals surface area contributed by atoms with Crippen LogP contribution in [0.1, 0.15) is 66.2 Å². The fourth-order valence-corrected chi connectivity index (χ4v) is 10.6. The molecule has 1 aliphatic heterocycles. The van der Waals surface area contributed by atoms with Crippen molar-refractivity contribution < 1.29 is 37.1 Å². The van der Waals surface area contributed by atoms with E-state index in [0.29, 0.717) is 12.0 Å². The van der Waals surface area contributed by atoms with Crippen LogP contribution in [0.2, 0.25) is 12.6 Å². The summed E-state index contributed by atoms with van der Waals surface area (Å²) in [6.45, 7) is 13.3. The summed E-state index contributed by atoms with van der Waals surface area (Å²) in [6, 6.07) is 0.898. The molecule has 0 aromatic heterocycles. The van der Waals surface area contributed by atoms with E-state index in [1.54, 1.807) is 42.5 Å². The van der Waals surface area contributed by atoms with Gasteiger partial charge in [0, 0.05) is 47.0 Å². The molecule has 4 unspecified atom stereocenters. The second kappa shape index (κ2) is 15.5. The third-order valence-corrected chi connectivity index (χ3v) is 14.9. The van der Waals surface area contributed by atoms with Crippen LogP contribution in [-0.2, 0) is 32.0 Å². The minimum atomic E-state index is -2.59. The molecule has 1 saturated heterocycles. The molecule has 1 aliphatic rings. The van der Waals surface area contributed by atoms with Crippen molar-refractivity contribution in [2.24, 2.45) is 5.92 Å². The first-order valence-corrected chi connectivity index (χ1v) is 16.7. The number of aliphatic hydroxyl groups is 1. The Kier molecular flexibility index (Phi) is 15.2. The zero-order valence-corrected chi connectivity index (χ0v) is 25.2. The fourth-order valence-electron chi connectivity index (χ4n) is 4.97. The summed E-state index contributed by atoms with van der Waals surface area (Å²) in [5, 5.41) is 8.87. The predicted octanol–water partition coefficient (Wildman–Crippen LogP) is 4.42. The summed E-state index contributed by atoms with van der Waals surface area (Å²) in [5.74, 6) is -0.271. The number of hydrogen-bond acceptors (Lipinski definition) is 8. The van der Waals surface area contributed by atoms with Crippen molar-refractivity contribution in [2.45, 2.75) is 95.9 Å². The van der Waals surface area contributed by atoms with Crippen LogP contribution in [-0.4, -0.2) is 80.8 Å². The van der Waals surface area contributed by atoms with Crippen molar-refractivity contribution in [3.63, 3.8) is 0 Å². The van der Waals surface area contributed by atoms with Crippen LogP contribution in [0.4, 0.5) is 0 Å². The van der Waals surface area contributed by atoms with Gasteiger partial charge in [0.25, 0.3) is 0 Å². The highest BCUT2D eigenvalue weighted by atomic mass is 28.4. The number of hydrogen-bond donors (Lipinski definition) is 1. The Hall–Kier alpha value is -0.596. The van der Waals surface area contributed by atoms with E-state index >= 15 is 0 Å². The molecule has 0 aromatic rings. The molecule has 0 amide bonds. The molecule has 1 fully saturated rings. The van der Waals surface area contributed by atoms with Crippen molar-refractivity contribution in [1.82, 2.24) is 0 Å². The quantitative estimate of drug-likeness (QED) is 0.216. The molecular formula is C24H50O8Si2. The first kappa shape index (κ1) is 33.4. The molecule has 0 aromatic carbocycles. The predicted molar refractivity (Wildman–Crippen MR) is 139 cm³/mol. The number of rotatable bonds is 13. The van der Waals surface area contributed by atoms with Crippen molar-refractivity contribution in [3.05, 3.63) is 12.2 Å². The van der Waals surface area contributed by atoms with Gasteiger partial charge in [-0.1, -0.05) is 40.2 Å². The molecule has 0 aliphatic carbocycles. The standard InChI is InChI=1S/C18H34O5Si.C6H16O3Si/c1-8-12-18(20-5)15(11-10-13-24(18,21-6)22-7)16(9-2)23-17(19)14(3)4;1-5-6(7)10(4,8-2)9-3/h15-16H,3,8-13H2,1-2,4-7H3;6-7H,5H2,1-4H3. The van der Waals surface area contributed by atoms with Crippen LogP contribution in [0, 0.1) is 5.92 Å². The Balaban J connectivity index is 0.000000916. The summed E-state index contributed by atoms with van der Waals surface area (Å²) in [5.41, 5.74) is -0.00717. The summed E-state index contributed by atoms with van der Waals surface area (Å²) >= 11 is 0. The highest BCUT2D eigenvalue weighted by molar-refractivity contribution is 6.70. The summed E-state index contributed by atoms with van der Waals surface area (Å²) < 4.78 is 34.1. The van der Waals surface area contributed by atoms with Gasteiger partial charge in [0.05, 0.1) is 5.73 Å². The van der Waals surface area contributed by atoms with Crippen molar-refractivity contribution in [1.29, 1.82) is 0 Å². The molecule has 1 rings (SSSR count). The lowest BCUT2D eigenvalue weighted by Gasteiger charge is -2.53. The van der Waals surface area contributed by atoms with Gasteiger partial charge in [0.2, 0.25) is 0 Å². The first-order chi connectivity index (χ1) is 16.0. The molecule has 202 valence electrons. The van der Waals surface area contributed by atoms with E-state index in [4.69, 9.17) is 27.2 Å². The lowest BCUT2D eigenvalue weighted by atomic mass is 9.85. The lowest BCUT2D eigenvalue weighted by molar-refractivity contribution is -0.156. The maximum absolute atomic E-state index is 12.1. The maximum atomic E-state index is 12.1. The van der Waals surface area contributed by atoms with Gasteiger partial charge in [-0.05, 0) is 45.2 Å². The molecular weight excluding hydrogens is 472 g/mol. The normalized spacial score (nSPS) is 23.9. The van der Waals surface area contributed by atoms with Crippen LogP contribution < -0.4 is 0 Å². The third kappa shape index (κ3) is 7.45. The Morgan fingerprint density at radius 2 is 1.68 bits per heavy atom. The fraction of sp³-hybridized carbons (Fsp3) is 0.875. The highest BCUT2D eigenvalue weighted by Crippen LogP contribution is 2.48. The van der Waals surface area contributed by atoms with Gasteiger partial charge in [-0.3, -0.25) is 0 Å². The van der Waals surface area contributed by atoms with E-state index in [-0.39, 0.29) is 18.0 Å². The van der Waals surface area contributed by atoms with Crippen molar-refractivity contribution in [3.8, 4) is 0 Å². The molecule has 1 heterocycles. The molecule has 34 heavy (non-hydrogen) atoms.